The second kappa shape index (κ2) is 9.05. The van der Waals surface area contributed by atoms with Gasteiger partial charge in [-0.25, -0.2) is 0 Å². The number of unbranched alkanes of at least 4 members (excludes halogenated alkanes) is 1. The predicted octanol–water partition coefficient (Wildman–Crippen LogP) is 5.26. The Morgan fingerprint density at radius 2 is 1.88 bits per heavy atom. The Morgan fingerprint density at radius 1 is 1.23 bits per heavy atom. The smallest absolute Gasteiger partial charge is 0.303 e. The van der Waals surface area contributed by atoms with Gasteiger partial charge < -0.3 is 10.2 Å². The average Bonchev–Trinajstić information content (AvgIpc) is 2.83. The molecule has 1 aliphatic rings. The Labute approximate surface area is 162 Å². The summed E-state index contributed by atoms with van der Waals surface area (Å²) in [6.07, 6.45) is 6.76. The fourth-order valence-electron chi connectivity index (χ4n) is 3.77. The number of aliphatic carboxylic acids is 1. The predicted molar refractivity (Wildman–Crippen MR) is 107 cm³/mol. The number of hydrogen-bond donors (Lipinski definition) is 2. The molecular weight excluding hydrogens is 348 g/mol. The van der Waals surface area contributed by atoms with Gasteiger partial charge in [0.15, 0.2) is 0 Å². The molecule has 1 aliphatic carbocycles. The van der Waals surface area contributed by atoms with Crippen molar-refractivity contribution in [3.63, 3.8) is 0 Å². The third-order valence-electron chi connectivity index (χ3n) is 5.31. The number of aliphatic hydroxyl groups excluding tert-OH is 1. The number of carbonyl (C=O) groups is 1. The van der Waals surface area contributed by atoms with Crippen LogP contribution in [0.2, 0.25) is 0 Å². The molecule has 1 aromatic carbocycles. The van der Waals surface area contributed by atoms with Gasteiger partial charge in [0, 0.05) is 17.7 Å². The molecule has 4 heteroatoms. The van der Waals surface area contributed by atoms with E-state index >= 15 is 0 Å². The van der Waals surface area contributed by atoms with E-state index < -0.39 is 12.1 Å². The van der Waals surface area contributed by atoms with Crippen LogP contribution in [-0.4, -0.2) is 27.7 Å². The summed E-state index contributed by atoms with van der Waals surface area (Å²) in [5.41, 5.74) is 2.55. The number of carboxylic acids is 1. The van der Waals surface area contributed by atoms with Gasteiger partial charge in [-0.2, -0.15) is 0 Å². The summed E-state index contributed by atoms with van der Waals surface area (Å²) < 4.78 is 0. The summed E-state index contributed by atoms with van der Waals surface area (Å²) in [5, 5.41) is 19.2. The molecule has 2 rings (SSSR count). The lowest BCUT2D eigenvalue weighted by atomic mass is 9.82. The molecule has 0 aliphatic heterocycles. The van der Waals surface area contributed by atoms with Gasteiger partial charge in [-0.15, -0.1) is 11.6 Å². The molecule has 26 heavy (non-hydrogen) atoms. The minimum atomic E-state index is -0.753. The van der Waals surface area contributed by atoms with Crippen molar-refractivity contribution in [2.45, 2.75) is 75.7 Å². The van der Waals surface area contributed by atoms with E-state index in [0.29, 0.717) is 12.8 Å². The molecule has 0 spiro atoms. The van der Waals surface area contributed by atoms with Gasteiger partial charge in [0.25, 0.3) is 0 Å². The summed E-state index contributed by atoms with van der Waals surface area (Å²) in [7, 11) is 0. The Bertz CT molecular complexity index is 615. The number of rotatable bonds is 7. The zero-order chi connectivity index (χ0) is 19.3. The van der Waals surface area contributed by atoms with Crippen LogP contribution in [0.25, 0.3) is 0 Å². The van der Waals surface area contributed by atoms with Crippen LogP contribution < -0.4 is 0 Å². The first kappa shape index (κ1) is 21.0. The lowest BCUT2D eigenvalue weighted by molar-refractivity contribution is -0.137. The molecule has 144 valence electrons. The SMILES string of the molecule is CC(C)(C)c1ccc([C@@H]2[C@@H](C/C=C\CCCC(=O)O)[C@H](Cl)C[C@H]2O)cc1. The fourth-order valence-corrected chi connectivity index (χ4v) is 4.22. The number of hydrogen-bond acceptors (Lipinski definition) is 2. The van der Waals surface area contributed by atoms with Gasteiger partial charge in [-0.1, -0.05) is 57.2 Å². The first-order valence-corrected chi connectivity index (χ1v) is 9.93. The molecule has 0 saturated heterocycles. The van der Waals surface area contributed by atoms with Gasteiger partial charge in [0.1, 0.15) is 0 Å². The van der Waals surface area contributed by atoms with E-state index in [1.54, 1.807) is 0 Å². The standard InChI is InChI=1S/C22H31ClO3/c1-22(2,3)16-12-10-15(11-13-16)21-17(18(23)14-19(21)24)8-6-4-5-7-9-20(25)26/h4,6,10-13,17-19,21,24H,5,7-9,14H2,1-3H3,(H,25,26)/b6-4-/t17-,18+,19+,21+/m0/s1. The van der Waals surface area contributed by atoms with Crippen LogP contribution >= 0.6 is 11.6 Å². The first-order valence-electron chi connectivity index (χ1n) is 9.49. The molecule has 0 heterocycles. The van der Waals surface area contributed by atoms with Crippen molar-refractivity contribution in [1.29, 1.82) is 0 Å². The second-order valence-corrected chi connectivity index (χ2v) is 8.93. The maximum atomic E-state index is 10.5. The van der Waals surface area contributed by atoms with E-state index in [0.717, 1.165) is 18.4 Å². The molecule has 0 amide bonds. The normalized spacial score (nSPS) is 26.5. The van der Waals surface area contributed by atoms with Crippen molar-refractivity contribution in [3.05, 3.63) is 47.5 Å². The molecular formula is C22H31ClO3. The van der Waals surface area contributed by atoms with Gasteiger partial charge in [0.2, 0.25) is 0 Å². The van der Waals surface area contributed by atoms with Crippen molar-refractivity contribution in [2.24, 2.45) is 5.92 Å². The molecule has 0 aromatic heterocycles. The number of benzene rings is 1. The maximum Gasteiger partial charge on any atom is 0.303 e. The third-order valence-corrected chi connectivity index (χ3v) is 5.81. The molecule has 0 bridgehead atoms. The Hall–Kier alpha value is -1.32. The minimum Gasteiger partial charge on any atom is -0.481 e. The van der Waals surface area contributed by atoms with E-state index in [4.69, 9.17) is 16.7 Å². The van der Waals surface area contributed by atoms with Crippen LogP contribution in [0.5, 0.6) is 0 Å². The topological polar surface area (TPSA) is 57.5 Å². The van der Waals surface area contributed by atoms with Crippen molar-refractivity contribution < 1.29 is 15.0 Å². The molecule has 0 unspecified atom stereocenters. The van der Waals surface area contributed by atoms with Crippen molar-refractivity contribution in [1.82, 2.24) is 0 Å². The highest BCUT2D eigenvalue weighted by Gasteiger charge is 2.41. The highest BCUT2D eigenvalue weighted by molar-refractivity contribution is 6.21. The summed E-state index contributed by atoms with van der Waals surface area (Å²) in [6, 6.07) is 8.57. The molecule has 3 nitrogen and oxygen atoms in total. The Kier molecular flexibility index (Phi) is 7.31. The average molecular weight is 379 g/mol. The lowest BCUT2D eigenvalue weighted by Crippen LogP contribution is -2.19. The van der Waals surface area contributed by atoms with Crippen LogP contribution in [0.15, 0.2) is 36.4 Å². The summed E-state index contributed by atoms with van der Waals surface area (Å²) >= 11 is 6.53. The van der Waals surface area contributed by atoms with Crippen molar-refractivity contribution in [2.75, 3.05) is 0 Å². The number of alkyl halides is 1. The van der Waals surface area contributed by atoms with Crippen LogP contribution in [0.1, 0.15) is 69.9 Å². The second-order valence-electron chi connectivity index (χ2n) is 8.37. The van der Waals surface area contributed by atoms with E-state index in [-0.39, 0.29) is 29.0 Å². The van der Waals surface area contributed by atoms with E-state index in [1.165, 1.54) is 5.56 Å². The number of allylic oxidation sites excluding steroid dienone is 2. The lowest BCUT2D eigenvalue weighted by Gasteiger charge is -2.25. The minimum absolute atomic E-state index is 0.0408. The van der Waals surface area contributed by atoms with Crippen LogP contribution in [-0.2, 0) is 10.2 Å². The van der Waals surface area contributed by atoms with Gasteiger partial charge in [-0.05, 0) is 48.1 Å². The maximum absolute atomic E-state index is 10.5. The fraction of sp³-hybridized carbons (Fsp3) is 0.591. The van der Waals surface area contributed by atoms with Gasteiger partial charge >= 0.3 is 5.97 Å². The zero-order valence-electron chi connectivity index (χ0n) is 16.0. The Balaban J connectivity index is 2.03. The summed E-state index contributed by atoms with van der Waals surface area (Å²) in [5.74, 6) is -0.505. The van der Waals surface area contributed by atoms with Gasteiger partial charge in [-0.3, -0.25) is 4.79 Å². The number of aliphatic hydroxyl groups is 1. The molecule has 0 radical (unpaired) electrons. The van der Waals surface area contributed by atoms with Crippen molar-refractivity contribution >= 4 is 17.6 Å². The monoisotopic (exact) mass is 378 g/mol. The highest BCUT2D eigenvalue weighted by Crippen LogP contribution is 2.45. The molecule has 1 fully saturated rings. The van der Waals surface area contributed by atoms with Crippen LogP contribution in [0.3, 0.4) is 0 Å². The zero-order valence-corrected chi connectivity index (χ0v) is 16.7. The van der Waals surface area contributed by atoms with Crippen molar-refractivity contribution in [3.8, 4) is 0 Å². The summed E-state index contributed by atoms with van der Waals surface area (Å²) in [4.78, 5) is 10.5. The van der Waals surface area contributed by atoms with E-state index in [9.17, 15) is 9.90 Å². The molecule has 1 aromatic rings. The first-order chi connectivity index (χ1) is 12.2. The summed E-state index contributed by atoms with van der Waals surface area (Å²) in [6.45, 7) is 6.58. The van der Waals surface area contributed by atoms with Crippen LogP contribution in [0, 0.1) is 5.92 Å². The number of halogens is 1. The number of carboxylic acid groups (broad SMARTS) is 1. The Morgan fingerprint density at radius 3 is 2.46 bits per heavy atom. The molecule has 4 atom stereocenters. The third kappa shape index (κ3) is 5.59. The highest BCUT2D eigenvalue weighted by atomic mass is 35.5. The van der Waals surface area contributed by atoms with E-state index in [1.807, 2.05) is 6.08 Å². The van der Waals surface area contributed by atoms with E-state index in [2.05, 4.69) is 51.1 Å². The largest absolute Gasteiger partial charge is 0.481 e. The molecule has 2 N–H and O–H groups in total. The quantitative estimate of drug-likeness (QED) is 0.386. The van der Waals surface area contributed by atoms with Gasteiger partial charge in [0.05, 0.1) is 6.10 Å². The molecule has 1 saturated carbocycles. The van der Waals surface area contributed by atoms with Crippen LogP contribution in [0.4, 0.5) is 0 Å².